The Hall–Kier alpha value is -2.66. The third-order valence-electron chi connectivity index (χ3n) is 3.22. The molecule has 3 rings (SSSR count). The fourth-order valence-electron chi connectivity index (χ4n) is 2.14. The molecule has 8 heteroatoms. The van der Waals surface area contributed by atoms with E-state index >= 15 is 0 Å². The molecule has 3 heterocycles. The van der Waals surface area contributed by atoms with Crippen molar-refractivity contribution in [2.45, 2.75) is 11.8 Å². The second-order valence-electron chi connectivity index (χ2n) is 4.69. The minimum Gasteiger partial charge on any atom is -0.474 e. The SMILES string of the molecule is Cc1ccc2c(n1)OCCN2S(=O)(=O)c1ccc(C#N)nc1. The average molecular weight is 316 g/mol. The van der Waals surface area contributed by atoms with Crippen molar-refractivity contribution in [3.8, 4) is 11.9 Å². The fraction of sp³-hybridized carbons (Fsp3) is 0.214. The molecular weight excluding hydrogens is 304 g/mol. The van der Waals surface area contributed by atoms with Gasteiger partial charge in [-0.05, 0) is 31.2 Å². The number of aromatic nitrogens is 2. The molecule has 0 saturated heterocycles. The van der Waals surface area contributed by atoms with Crippen molar-refractivity contribution in [2.75, 3.05) is 17.5 Å². The summed E-state index contributed by atoms with van der Waals surface area (Å²) in [6.07, 6.45) is 1.19. The first kappa shape index (κ1) is 14.3. The molecule has 0 saturated carbocycles. The van der Waals surface area contributed by atoms with Crippen LogP contribution in [0.25, 0.3) is 0 Å². The van der Waals surface area contributed by atoms with Gasteiger partial charge in [0.2, 0.25) is 5.88 Å². The van der Waals surface area contributed by atoms with Crippen LogP contribution < -0.4 is 9.04 Å². The maximum Gasteiger partial charge on any atom is 0.266 e. The van der Waals surface area contributed by atoms with E-state index in [-0.39, 0.29) is 23.7 Å². The minimum absolute atomic E-state index is 0.0277. The van der Waals surface area contributed by atoms with Gasteiger partial charge in [-0.2, -0.15) is 5.26 Å². The molecule has 0 fully saturated rings. The van der Waals surface area contributed by atoms with Gasteiger partial charge in [-0.3, -0.25) is 4.31 Å². The van der Waals surface area contributed by atoms with Gasteiger partial charge < -0.3 is 4.74 Å². The Morgan fingerprint density at radius 2 is 2.14 bits per heavy atom. The number of sulfonamides is 1. The predicted octanol–water partition coefficient (Wildman–Crippen LogP) is 1.24. The van der Waals surface area contributed by atoms with Crippen LogP contribution in [0.5, 0.6) is 5.88 Å². The second kappa shape index (κ2) is 5.27. The summed E-state index contributed by atoms with van der Waals surface area (Å²) in [5.41, 5.74) is 1.32. The van der Waals surface area contributed by atoms with E-state index in [2.05, 4.69) is 9.97 Å². The lowest BCUT2D eigenvalue weighted by Gasteiger charge is -2.29. The number of pyridine rings is 2. The van der Waals surface area contributed by atoms with E-state index in [1.54, 1.807) is 12.1 Å². The van der Waals surface area contributed by atoms with Gasteiger partial charge in [-0.1, -0.05) is 0 Å². The molecule has 0 aliphatic carbocycles. The third kappa shape index (κ3) is 2.35. The van der Waals surface area contributed by atoms with Crippen molar-refractivity contribution in [3.63, 3.8) is 0 Å². The van der Waals surface area contributed by atoms with Crippen LogP contribution >= 0.6 is 0 Å². The number of hydrogen-bond donors (Lipinski definition) is 0. The summed E-state index contributed by atoms with van der Waals surface area (Å²) in [7, 11) is -3.77. The molecule has 2 aromatic heterocycles. The highest BCUT2D eigenvalue weighted by molar-refractivity contribution is 7.92. The molecule has 0 atom stereocenters. The van der Waals surface area contributed by atoms with Crippen LogP contribution in [0.4, 0.5) is 5.69 Å². The molecule has 22 heavy (non-hydrogen) atoms. The van der Waals surface area contributed by atoms with E-state index in [0.29, 0.717) is 11.6 Å². The lowest BCUT2D eigenvalue weighted by atomic mass is 10.3. The zero-order valence-electron chi connectivity index (χ0n) is 11.7. The quantitative estimate of drug-likeness (QED) is 0.827. The van der Waals surface area contributed by atoms with Crippen molar-refractivity contribution >= 4 is 15.7 Å². The Morgan fingerprint density at radius 3 is 2.82 bits per heavy atom. The van der Waals surface area contributed by atoms with Crippen LogP contribution in [0, 0.1) is 18.3 Å². The highest BCUT2D eigenvalue weighted by Gasteiger charge is 2.31. The Morgan fingerprint density at radius 1 is 1.32 bits per heavy atom. The summed E-state index contributed by atoms with van der Waals surface area (Å²) in [4.78, 5) is 8.05. The van der Waals surface area contributed by atoms with E-state index in [1.165, 1.54) is 22.6 Å². The van der Waals surface area contributed by atoms with E-state index < -0.39 is 10.0 Å². The summed E-state index contributed by atoms with van der Waals surface area (Å²) in [5.74, 6) is 0.302. The van der Waals surface area contributed by atoms with E-state index in [9.17, 15) is 8.42 Å². The van der Waals surface area contributed by atoms with Gasteiger partial charge in [0, 0.05) is 11.9 Å². The molecule has 0 N–H and O–H groups in total. The van der Waals surface area contributed by atoms with Gasteiger partial charge in [0.05, 0.1) is 6.54 Å². The maximum absolute atomic E-state index is 12.8. The summed E-state index contributed by atoms with van der Waals surface area (Å²) in [6.45, 7) is 2.23. The molecule has 0 amide bonds. The summed E-state index contributed by atoms with van der Waals surface area (Å²) >= 11 is 0. The number of rotatable bonds is 2. The van der Waals surface area contributed by atoms with Gasteiger partial charge in [0.25, 0.3) is 10.0 Å². The number of nitrogens with zero attached hydrogens (tertiary/aromatic N) is 4. The van der Waals surface area contributed by atoms with E-state index in [0.717, 1.165) is 5.69 Å². The molecule has 0 spiro atoms. The summed E-state index contributed by atoms with van der Waals surface area (Å²) < 4.78 is 32.2. The monoisotopic (exact) mass is 316 g/mol. The van der Waals surface area contributed by atoms with Crippen LogP contribution in [0.2, 0.25) is 0 Å². The summed E-state index contributed by atoms with van der Waals surface area (Å²) in [6, 6.07) is 8.01. The van der Waals surface area contributed by atoms with Crippen LogP contribution in [-0.4, -0.2) is 31.5 Å². The normalized spacial score (nSPS) is 13.9. The largest absolute Gasteiger partial charge is 0.474 e. The third-order valence-corrected chi connectivity index (χ3v) is 5.02. The van der Waals surface area contributed by atoms with Gasteiger partial charge in [-0.25, -0.2) is 18.4 Å². The molecule has 0 bridgehead atoms. The molecule has 1 aliphatic heterocycles. The summed E-state index contributed by atoms with van der Waals surface area (Å²) in [5, 5.41) is 8.74. The first-order chi connectivity index (χ1) is 10.5. The van der Waals surface area contributed by atoms with Crippen LogP contribution in [0.1, 0.15) is 11.4 Å². The van der Waals surface area contributed by atoms with Gasteiger partial charge in [0.15, 0.2) is 0 Å². The van der Waals surface area contributed by atoms with Crippen molar-refractivity contribution in [1.29, 1.82) is 5.26 Å². The Labute approximate surface area is 127 Å². The molecule has 0 unspecified atom stereocenters. The van der Waals surface area contributed by atoms with Gasteiger partial charge in [0.1, 0.15) is 29.0 Å². The lowest BCUT2D eigenvalue weighted by molar-refractivity contribution is 0.302. The number of ether oxygens (including phenoxy) is 1. The highest BCUT2D eigenvalue weighted by Crippen LogP contribution is 2.33. The molecule has 2 aromatic rings. The van der Waals surface area contributed by atoms with Gasteiger partial charge >= 0.3 is 0 Å². The standard InChI is InChI=1S/C14H12N4O3S/c1-10-2-5-13-14(17-10)21-7-6-18(13)22(19,20)12-4-3-11(8-15)16-9-12/h2-5,9H,6-7H2,1H3. The Bertz CT molecular complexity index is 857. The first-order valence-corrected chi connectivity index (χ1v) is 7.96. The Kier molecular flexibility index (Phi) is 3.42. The zero-order chi connectivity index (χ0) is 15.7. The van der Waals surface area contributed by atoms with Crippen LogP contribution in [0.15, 0.2) is 35.4 Å². The number of anilines is 1. The molecule has 1 aliphatic rings. The fourth-order valence-corrected chi connectivity index (χ4v) is 3.54. The van der Waals surface area contributed by atoms with Crippen molar-refractivity contribution < 1.29 is 13.2 Å². The molecule has 7 nitrogen and oxygen atoms in total. The smallest absolute Gasteiger partial charge is 0.266 e. The maximum atomic E-state index is 12.8. The first-order valence-electron chi connectivity index (χ1n) is 6.52. The van der Waals surface area contributed by atoms with E-state index in [1.807, 2.05) is 13.0 Å². The number of hydrogen-bond acceptors (Lipinski definition) is 6. The molecular formula is C14H12N4O3S. The average Bonchev–Trinajstić information content (AvgIpc) is 2.54. The predicted molar refractivity (Wildman–Crippen MR) is 78.0 cm³/mol. The van der Waals surface area contributed by atoms with Crippen LogP contribution in [0.3, 0.4) is 0 Å². The molecule has 0 aromatic carbocycles. The minimum atomic E-state index is -3.77. The second-order valence-corrected chi connectivity index (χ2v) is 6.56. The lowest BCUT2D eigenvalue weighted by Crippen LogP contribution is -2.38. The molecule has 0 radical (unpaired) electrons. The van der Waals surface area contributed by atoms with Crippen molar-refractivity contribution in [2.24, 2.45) is 0 Å². The number of nitriles is 1. The number of fused-ring (bicyclic) bond motifs is 1. The van der Waals surface area contributed by atoms with Crippen LogP contribution in [-0.2, 0) is 10.0 Å². The topological polar surface area (TPSA) is 96.2 Å². The number of aryl methyl sites for hydroxylation is 1. The molecule has 112 valence electrons. The van der Waals surface area contributed by atoms with E-state index in [4.69, 9.17) is 10.00 Å². The van der Waals surface area contributed by atoms with Crippen molar-refractivity contribution in [1.82, 2.24) is 9.97 Å². The Balaban J connectivity index is 2.05. The highest BCUT2D eigenvalue weighted by atomic mass is 32.2. The zero-order valence-corrected chi connectivity index (χ0v) is 12.5. The van der Waals surface area contributed by atoms with Gasteiger partial charge in [-0.15, -0.1) is 0 Å². The van der Waals surface area contributed by atoms with Crippen molar-refractivity contribution in [3.05, 3.63) is 41.9 Å².